The van der Waals surface area contributed by atoms with Gasteiger partial charge in [0.1, 0.15) is 6.10 Å². The quantitative estimate of drug-likeness (QED) is 0.816. The fourth-order valence-corrected chi connectivity index (χ4v) is 3.49. The highest BCUT2D eigenvalue weighted by Crippen LogP contribution is 2.28. The van der Waals surface area contributed by atoms with Crippen LogP contribution in [0.2, 0.25) is 0 Å². The highest BCUT2D eigenvalue weighted by Gasteiger charge is 2.37. The zero-order valence-electron chi connectivity index (χ0n) is 15.8. The molecule has 1 atom stereocenters. The molecule has 146 valence electrons. The third-order valence-electron chi connectivity index (χ3n) is 4.99. The lowest BCUT2D eigenvalue weighted by atomic mass is 9.99. The molecule has 1 fully saturated rings. The Bertz CT molecular complexity index is 758. The minimum atomic E-state index is -1.04. The zero-order chi connectivity index (χ0) is 19.8. The maximum atomic E-state index is 12.3. The Kier molecular flexibility index (Phi) is 4.99. The first-order chi connectivity index (χ1) is 12.7. The van der Waals surface area contributed by atoms with Crippen LogP contribution in [0.15, 0.2) is 18.2 Å². The van der Waals surface area contributed by atoms with Crippen LogP contribution in [0.1, 0.15) is 31.9 Å². The molecule has 0 unspecified atom stereocenters. The standard InChI is InChI=1S/C19H25N3O5/c1-19(2,3)22(17(24)25)11-16-10-21(18(26)27-16)15-5-4-13-6-7-20(12-23)9-14(13)8-15/h4-5,8,12,16H,6-7,9-11H2,1-3H3,(H,24,25)/t16-/m0/s1. The van der Waals surface area contributed by atoms with E-state index in [0.717, 1.165) is 18.4 Å². The van der Waals surface area contributed by atoms with Crippen molar-refractivity contribution in [2.75, 3.05) is 24.5 Å². The van der Waals surface area contributed by atoms with Crippen LogP contribution in [0.25, 0.3) is 0 Å². The summed E-state index contributed by atoms with van der Waals surface area (Å²) >= 11 is 0. The summed E-state index contributed by atoms with van der Waals surface area (Å²) in [6.07, 6.45) is -0.430. The van der Waals surface area contributed by atoms with Crippen molar-refractivity contribution in [3.8, 4) is 0 Å². The summed E-state index contributed by atoms with van der Waals surface area (Å²) in [5.74, 6) is 0. The van der Waals surface area contributed by atoms with Gasteiger partial charge in [0, 0.05) is 24.3 Å². The summed E-state index contributed by atoms with van der Waals surface area (Å²) in [7, 11) is 0. The van der Waals surface area contributed by atoms with Crippen molar-refractivity contribution in [3.63, 3.8) is 0 Å². The van der Waals surface area contributed by atoms with Crippen molar-refractivity contribution >= 4 is 24.3 Å². The number of fused-ring (bicyclic) bond motifs is 1. The number of hydrogen-bond donors (Lipinski definition) is 1. The molecule has 27 heavy (non-hydrogen) atoms. The van der Waals surface area contributed by atoms with E-state index in [1.165, 1.54) is 15.4 Å². The van der Waals surface area contributed by atoms with Crippen molar-refractivity contribution in [3.05, 3.63) is 29.3 Å². The van der Waals surface area contributed by atoms with Crippen LogP contribution in [0.3, 0.4) is 0 Å². The molecule has 8 heteroatoms. The maximum Gasteiger partial charge on any atom is 0.414 e. The number of anilines is 1. The number of amides is 3. The van der Waals surface area contributed by atoms with E-state index < -0.39 is 23.8 Å². The molecule has 3 amide bonds. The first-order valence-electron chi connectivity index (χ1n) is 8.99. The van der Waals surface area contributed by atoms with Crippen LogP contribution in [-0.4, -0.2) is 64.8 Å². The van der Waals surface area contributed by atoms with Gasteiger partial charge in [0.15, 0.2) is 0 Å². The van der Waals surface area contributed by atoms with Gasteiger partial charge in [0.05, 0.1) is 13.1 Å². The number of benzene rings is 1. The summed E-state index contributed by atoms with van der Waals surface area (Å²) in [6.45, 7) is 7.03. The lowest BCUT2D eigenvalue weighted by molar-refractivity contribution is -0.118. The third-order valence-corrected chi connectivity index (χ3v) is 4.99. The second kappa shape index (κ2) is 7.09. The number of nitrogens with zero attached hydrogens (tertiary/aromatic N) is 3. The van der Waals surface area contributed by atoms with Crippen LogP contribution >= 0.6 is 0 Å². The smallest absolute Gasteiger partial charge is 0.414 e. The van der Waals surface area contributed by atoms with Gasteiger partial charge >= 0.3 is 12.2 Å². The molecule has 0 saturated carbocycles. The molecular formula is C19H25N3O5. The number of hydrogen-bond acceptors (Lipinski definition) is 4. The van der Waals surface area contributed by atoms with Crippen LogP contribution in [-0.2, 0) is 22.5 Å². The number of carbonyl (C=O) groups is 3. The molecule has 0 aromatic heterocycles. The Balaban J connectivity index is 1.74. The Morgan fingerprint density at radius 2 is 2.11 bits per heavy atom. The topological polar surface area (TPSA) is 90.4 Å². The van der Waals surface area contributed by atoms with E-state index in [9.17, 15) is 19.5 Å². The largest absolute Gasteiger partial charge is 0.465 e. The molecule has 1 aromatic carbocycles. The molecule has 1 aromatic rings. The van der Waals surface area contributed by atoms with Gasteiger partial charge in [-0.25, -0.2) is 9.59 Å². The lowest BCUT2D eigenvalue weighted by Gasteiger charge is -2.34. The third kappa shape index (κ3) is 3.99. The molecule has 0 bridgehead atoms. The maximum absolute atomic E-state index is 12.3. The summed E-state index contributed by atoms with van der Waals surface area (Å²) in [5, 5.41) is 9.44. The van der Waals surface area contributed by atoms with Gasteiger partial charge in [-0.15, -0.1) is 0 Å². The highest BCUT2D eigenvalue weighted by molar-refractivity contribution is 5.90. The summed E-state index contributed by atoms with van der Waals surface area (Å²) in [5.41, 5.74) is 2.30. The van der Waals surface area contributed by atoms with Gasteiger partial charge in [-0.1, -0.05) is 6.07 Å². The minimum Gasteiger partial charge on any atom is -0.465 e. The number of rotatable bonds is 4. The molecule has 1 N–H and O–H groups in total. The normalized spacial score (nSPS) is 19.5. The molecule has 2 aliphatic rings. The van der Waals surface area contributed by atoms with Gasteiger partial charge in [-0.2, -0.15) is 0 Å². The Hall–Kier alpha value is -2.77. The van der Waals surface area contributed by atoms with E-state index in [1.54, 1.807) is 25.7 Å². The van der Waals surface area contributed by atoms with Gasteiger partial charge in [-0.05, 0) is 50.5 Å². The first-order valence-corrected chi connectivity index (χ1v) is 8.99. The van der Waals surface area contributed by atoms with E-state index in [2.05, 4.69) is 0 Å². The van der Waals surface area contributed by atoms with Crippen molar-refractivity contribution in [1.82, 2.24) is 9.80 Å². The van der Waals surface area contributed by atoms with Crippen molar-refractivity contribution in [2.24, 2.45) is 0 Å². The average molecular weight is 375 g/mol. The highest BCUT2D eigenvalue weighted by atomic mass is 16.6. The fourth-order valence-electron chi connectivity index (χ4n) is 3.49. The molecular weight excluding hydrogens is 350 g/mol. The SMILES string of the molecule is CC(C)(C)N(C[C@@H]1CN(c2ccc3c(c2)CN(C=O)CC3)C(=O)O1)C(=O)O. The molecule has 0 radical (unpaired) electrons. The van der Waals surface area contributed by atoms with E-state index >= 15 is 0 Å². The summed E-state index contributed by atoms with van der Waals surface area (Å²) in [6, 6.07) is 5.76. The molecule has 0 spiro atoms. The van der Waals surface area contributed by atoms with E-state index in [0.29, 0.717) is 18.8 Å². The second-order valence-electron chi connectivity index (χ2n) is 7.96. The zero-order valence-corrected chi connectivity index (χ0v) is 15.8. The molecule has 2 heterocycles. The monoisotopic (exact) mass is 375 g/mol. The van der Waals surface area contributed by atoms with Gasteiger partial charge in [-0.3, -0.25) is 14.6 Å². The molecule has 3 rings (SSSR count). The number of carboxylic acid groups (broad SMARTS) is 1. The van der Waals surface area contributed by atoms with Gasteiger partial charge < -0.3 is 14.7 Å². The number of ether oxygens (including phenoxy) is 1. The summed E-state index contributed by atoms with van der Waals surface area (Å²) in [4.78, 5) is 39.4. The molecule has 1 saturated heterocycles. The van der Waals surface area contributed by atoms with Crippen LogP contribution < -0.4 is 4.90 Å². The summed E-state index contributed by atoms with van der Waals surface area (Å²) < 4.78 is 5.41. The molecule has 8 nitrogen and oxygen atoms in total. The fraction of sp³-hybridized carbons (Fsp3) is 0.526. The van der Waals surface area contributed by atoms with E-state index in [-0.39, 0.29) is 13.1 Å². The molecule has 2 aliphatic heterocycles. The Labute approximate surface area is 158 Å². The van der Waals surface area contributed by atoms with Crippen LogP contribution in [0.5, 0.6) is 0 Å². The van der Waals surface area contributed by atoms with Crippen LogP contribution in [0.4, 0.5) is 15.3 Å². The van der Waals surface area contributed by atoms with Crippen molar-refractivity contribution in [2.45, 2.75) is 45.4 Å². The number of cyclic esters (lactones) is 1. The first kappa shape index (κ1) is 19.0. The lowest BCUT2D eigenvalue weighted by Crippen LogP contribution is -2.49. The van der Waals surface area contributed by atoms with Crippen LogP contribution in [0, 0.1) is 0 Å². The van der Waals surface area contributed by atoms with Gasteiger partial charge in [0.2, 0.25) is 6.41 Å². The van der Waals surface area contributed by atoms with E-state index in [1.807, 2.05) is 18.2 Å². The van der Waals surface area contributed by atoms with Gasteiger partial charge in [0.25, 0.3) is 0 Å². The predicted octanol–water partition coefficient (Wildman–Crippen LogP) is 2.30. The number of carbonyl (C=O) groups excluding carboxylic acids is 2. The van der Waals surface area contributed by atoms with Crippen molar-refractivity contribution in [1.29, 1.82) is 0 Å². The van der Waals surface area contributed by atoms with E-state index in [4.69, 9.17) is 4.74 Å². The second-order valence-corrected chi connectivity index (χ2v) is 7.96. The predicted molar refractivity (Wildman–Crippen MR) is 98.7 cm³/mol. The average Bonchev–Trinajstić information content (AvgIpc) is 2.98. The minimum absolute atomic E-state index is 0.116. The Morgan fingerprint density at radius 1 is 1.37 bits per heavy atom. The molecule has 0 aliphatic carbocycles. The Morgan fingerprint density at radius 3 is 2.74 bits per heavy atom. The van der Waals surface area contributed by atoms with Crippen molar-refractivity contribution < 1.29 is 24.2 Å².